The van der Waals surface area contributed by atoms with E-state index in [2.05, 4.69) is 10.3 Å². The molecule has 2 amide bonds. The van der Waals surface area contributed by atoms with Gasteiger partial charge >= 0.3 is 0 Å². The van der Waals surface area contributed by atoms with Crippen LogP contribution in [0.3, 0.4) is 0 Å². The van der Waals surface area contributed by atoms with Gasteiger partial charge in [-0.15, -0.1) is 0 Å². The number of carbonyl (C=O) groups excluding carboxylic acids is 2. The van der Waals surface area contributed by atoms with Gasteiger partial charge in [0.15, 0.2) is 5.82 Å². The van der Waals surface area contributed by atoms with Crippen LogP contribution in [0.4, 0.5) is 11.5 Å². The van der Waals surface area contributed by atoms with Crippen LogP contribution in [0, 0.1) is 0 Å². The van der Waals surface area contributed by atoms with Gasteiger partial charge in [-0.05, 0) is 24.1 Å². The number of aromatic nitrogens is 1. The molecule has 2 aromatic rings. The number of rotatable bonds is 3. The SMILES string of the molecule is O=C1CN(C(=O)CCc2ccccc2)c2ncccc2N1. The molecule has 0 spiro atoms. The molecule has 1 aliphatic heterocycles. The maximum Gasteiger partial charge on any atom is 0.244 e. The van der Waals surface area contributed by atoms with Crippen LogP contribution >= 0.6 is 0 Å². The summed E-state index contributed by atoms with van der Waals surface area (Å²) in [7, 11) is 0. The van der Waals surface area contributed by atoms with E-state index in [-0.39, 0.29) is 18.4 Å². The summed E-state index contributed by atoms with van der Waals surface area (Å²) in [6, 6.07) is 13.3. The third-order valence-corrected chi connectivity index (χ3v) is 3.39. The van der Waals surface area contributed by atoms with Crippen molar-refractivity contribution >= 4 is 23.3 Å². The number of nitrogens with zero attached hydrogens (tertiary/aromatic N) is 2. The summed E-state index contributed by atoms with van der Waals surface area (Å²) in [5.41, 5.74) is 1.69. The molecule has 0 fully saturated rings. The first-order chi connectivity index (χ1) is 10.2. The van der Waals surface area contributed by atoms with E-state index in [1.807, 2.05) is 30.3 Å². The number of fused-ring (bicyclic) bond motifs is 1. The molecule has 0 unspecified atom stereocenters. The van der Waals surface area contributed by atoms with Crippen molar-refractivity contribution in [1.29, 1.82) is 0 Å². The number of hydrogen-bond donors (Lipinski definition) is 1. The number of aryl methyl sites for hydroxylation is 1. The Morgan fingerprint density at radius 1 is 1.19 bits per heavy atom. The first-order valence-electron chi connectivity index (χ1n) is 6.83. The fraction of sp³-hybridized carbons (Fsp3) is 0.188. The average Bonchev–Trinajstić information content (AvgIpc) is 2.52. The van der Waals surface area contributed by atoms with Crippen molar-refractivity contribution < 1.29 is 9.59 Å². The zero-order chi connectivity index (χ0) is 14.7. The summed E-state index contributed by atoms with van der Waals surface area (Å²) in [5.74, 6) is 0.243. The molecule has 0 radical (unpaired) electrons. The second-order valence-corrected chi connectivity index (χ2v) is 4.89. The van der Waals surface area contributed by atoms with Crippen molar-refractivity contribution in [3.05, 3.63) is 54.2 Å². The highest BCUT2D eigenvalue weighted by molar-refractivity contribution is 6.08. The van der Waals surface area contributed by atoms with Crippen LogP contribution in [-0.2, 0) is 16.0 Å². The number of amides is 2. The van der Waals surface area contributed by atoms with Crippen LogP contribution in [0.15, 0.2) is 48.7 Å². The predicted octanol–water partition coefficient (Wildman–Crippen LogP) is 2.00. The maximum absolute atomic E-state index is 12.4. The van der Waals surface area contributed by atoms with Crippen molar-refractivity contribution in [2.45, 2.75) is 12.8 Å². The van der Waals surface area contributed by atoms with Gasteiger partial charge < -0.3 is 5.32 Å². The van der Waals surface area contributed by atoms with Crippen molar-refractivity contribution in [2.75, 3.05) is 16.8 Å². The predicted molar refractivity (Wildman–Crippen MR) is 80.0 cm³/mol. The third-order valence-electron chi connectivity index (χ3n) is 3.39. The van der Waals surface area contributed by atoms with E-state index >= 15 is 0 Å². The number of nitrogens with one attached hydrogen (secondary N) is 1. The van der Waals surface area contributed by atoms with E-state index < -0.39 is 0 Å². The fourth-order valence-corrected chi connectivity index (χ4v) is 2.36. The van der Waals surface area contributed by atoms with E-state index in [0.717, 1.165) is 5.56 Å². The Balaban J connectivity index is 1.74. The van der Waals surface area contributed by atoms with E-state index in [1.54, 1.807) is 18.3 Å². The monoisotopic (exact) mass is 281 g/mol. The van der Waals surface area contributed by atoms with Crippen molar-refractivity contribution in [1.82, 2.24) is 4.98 Å². The molecule has 0 saturated carbocycles. The largest absolute Gasteiger partial charge is 0.321 e. The topological polar surface area (TPSA) is 62.3 Å². The summed E-state index contributed by atoms with van der Waals surface area (Å²) in [6.07, 6.45) is 2.63. The highest BCUT2D eigenvalue weighted by atomic mass is 16.2. The van der Waals surface area contributed by atoms with Gasteiger partial charge in [0.25, 0.3) is 0 Å². The van der Waals surface area contributed by atoms with Gasteiger partial charge in [0, 0.05) is 12.6 Å². The van der Waals surface area contributed by atoms with Crippen LogP contribution in [0.1, 0.15) is 12.0 Å². The van der Waals surface area contributed by atoms with E-state index in [0.29, 0.717) is 24.3 Å². The Kier molecular flexibility index (Phi) is 3.64. The van der Waals surface area contributed by atoms with Crippen LogP contribution in [0.25, 0.3) is 0 Å². The summed E-state index contributed by atoms with van der Waals surface area (Å²) in [5, 5.41) is 2.72. The van der Waals surface area contributed by atoms with Gasteiger partial charge in [-0.2, -0.15) is 0 Å². The van der Waals surface area contributed by atoms with Gasteiger partial charge in [0.05, 0.1) is 5.69 Å². The van der Waals surface area contributed by atoms with Crippen molar-refractivity contribution in [3.63, 3.8) is 0 Å². The lowest BCUT2D eigenvalue weighted by Crippen LogP contribution is -2.42. The van der Waals surface area contributed by atoms with Gasteiger partial charge in [0.2, 0.25) is 11.8 Å². The van der Waals surface area contributed by atoms with E-state index in [1.165, 1.54) is 4.90 Å². The van der Waals surface area contributed by atoms with Gasteiger partial charge in [-0.3, -0.25) is 14.5 Å². The molecule has 0 atom stereocenters. The number of carbonyl (C=O) groups is 2. The molecule has 3 rings (SSSR count). The van der Waals surface area contributed by atoms with Crippen LogP contribution in [0.5, 0.6) is 0 Å². The summed E-state index contributed by atoms with van der Waals surface area (Å²) in [6.45, 7) is 0.0254. The minimum atomic E-state index is -0.191. The summed E-state index contributed by atoms with van der Waals surface area (Å²) >= 11 is 0. The third kappa shape index (κ3) is 2.91. The van der Waals surface area contributed by atoms with Crippen LogP contribution in [0.2, 0.25) is 0 Å². The smallest absolute Gasteiger partial charge is 0.244 e. The summed E-state index contributed by atoms with van der Waals surface area (Å²) in [4.78, 5) is 29.7. The summed E-state index contributed by atoms with van der Waals surface area (Å²) < 4.78 is 0. The fourth-order valence-electron chi connectivity index (χ4n) is 2.36. The lowest BCUT2D eigenvalue weighted by Gasteiger charge is -2.27. The van der Waals surface area contributed by atoms with Crippen LogP contribution < -0.4 is 10.2 Å². The molecule has 21 heavy (non-hydrogen) atoms. The molecule has 1 aliphatic rings. The van der Waals surface area contributed by atoms with Gasteiger partial charge in [0.1, 0.15) is 6.54 Å². The minimum absolute atomic E-state index is 0.0254. The Labute approximate surface area is 122 Å². The van der Waals surface area contributed by atoms with Gasteiger partial charge in [-0.1, -0.05) is 30.3 Å². The zero-order valence-electron chi connectivity index (χ0n) is 11.5. The Morgan fingerprint density at radius 2 is 2.00 bits per heavy atom. The quantitative estimate of drug-likeness (QED) is 0.936. The molecule has 1 aromatic carbocycles. The van der Waals surface area contributed by atoms with Gasteiger partial charge in [-0.25, -0.2) is 4.98 Å². The molecule has 1 N–H and O–H groups in total. The molecule has 106 valence electrons. The molecule has 5 nitrogen and oxygen atoms in total. The molecule has 2 heterocycles. The number of pyridine rings is 1. The first-order valence-corrected chi connectivity index (χ1v) is 6.83. The Hall–Kier alpha value is -2.69. The maximum atomic E-state index is 12.4. The first kappa shape index (κ1) is 13.3. The Morgan fingerprint density at radius 3 is 2.81 bits per heavy atom. The number of benzene rings is 1. The molecule has 1 aromatic heterocycles. The van der Waals surface area contributed by atoms with Crippen molar-refractivity contribution in [2.24, 2.45) is 0 Å². The Bertz CT molecular complexity index is 670. The number of anilines is 2. The van der Waals surface area contributed by atoms with Crippen molar-refractivity contribution in [3.8, 4) is 0 Å². The molecule has 0 saturated heterocycles. The number of hydrogen-bond acceptors (Lipinski definition) is 3. The molecule has 0 bridgehead atoms. The highest BCUT2D eigenvalue weighted by Crippen LogP contribution is 2.26. The average molecular weight is 281 g/mol. The molecular weight excluding hydrogens is 266 g/mol. The lowest BCUT2D eigenvalue weighted by atomic mass is 10.1. The minimum Gasteiger partial charge on any atom is -0.321 e. The highest BCUT2D eigenvalue weighted by Gasteiger charge is 2.27. The normalized spacial score (nSPS) is 13.5. The van der Waals surface area contributed by atoms with E-state index in [4.69, 9.17) is 0 Å². The molecule has 5 heteroatoms. The second kappa shape index (κ2) is 5.75. The zero-order valence-corrected chi connectivity index (χ0v) is 11.5. The lowest BCUT2D eigenvalue weighted by molar-refractivity contribution is -0.121. The second-order valence-electron chi connectivity index (χ2n) is 4.89. The molecule has 0 aliphatic carbocycles. The standard InChI is InChI=1S/C16H15N3O2/c20-14-11-19(16-13(18-14)7-4-10-17-16)15(21)9-8-12-5-2-1-3-6-12/h1-7,10H,8-9,11H2,(H,18,20). The molecular formula is C16H15N3O2. The van der Waals surface area contributed by atoms with Crippen LogP contribution in [-0.4, -0.2) is 23.3 Å². The van der Waals surface area contributed by atoms with E-state index in [9.17, 15) is 9.59 Å².